The van der Waals surface area contributed by atoms with Crippen LogP contribution in [-0.2, 0) is 27.9 Å². The lowest BCUT2D eigenvalue weighted by molar-refractivity contribution is -0.134. The number of hydrogen-bond acceptors (Lipinski definition) is 6. The van der Waals surface area contributed by atoms with E-state index in [9.17, 15) is 13.2 Å². The molecule has 0 fully saturated rings. The number of nitrogens with zero attached hydrogens (tertiary/aromatic N) is 3. The smallest absolute Gasteiger partial charge is 0.322 e. The van der Waals surface area contributed by atoms with Gasteiger partial charge in [0.2, 0.25) is 10.0 Å². The molecule has 0 amide bonds. The van der Waals surface area contributed by atoms with Crippen molar-refractivity contribution in [2.24, 2.45) is 0 Å². The normalized spacial score (nSPS) is 11.6. The summed E-state index contributed by atoms with van der Waals surface area (Å²) < 4.78 is 28.3. The Morgan fingerprint density at radius 1 is 1.03 bits per heavy atom. The average Bonchev–Trinajstić information content (AvgIpc) is 2.85. The predicted octanol–water partition coefficient (Wildman–Crippen LogP) is 4.27. The summed E-state index contributed by atoms with van der Waals surface area (Å²) in [4.78, 5) is 19.3. The van der Waals surface area contributed by atoms with Crippen LogP contribution in [0, 0.1) is 0 Å². The molecule has 0 spiro atoms. The maximum Gasteiger partial charge on any atom is 0.322 e. The van der Waals surface area contributed by atoms with Crippen molar-refractivity contribution in [3.63, 3.8) is 0 Å². The van der Waals surface area contributed by atoms with E-state index in [2.05, 4.69) is 41.3 Å². The molecule has 34 heavy (non-hydrogen) atoms. The molecule has 0 radical (unpaired) electrons. The van der Waals surface area contributed by atoms with Crippen molar-refractivity contribution in [1.82, 2.24) is 14.3 Å². The second-order valence-electron chi connectivity index (χ2n) is 7.98. The van der Waals surface area contributed by atoms with Gasteiger partial charge < -0.3 is 10.4 Å². The van der Waals surface area contributed by atoms with Crippen molar-refractivity contribution in [2.45, 2.75) is 50.6 Å². The average molecular weight is 483 g/mol. The van der Waals surface area contributed by atoms with Crippen molar-refractivity contribution in [2.75, 3.05) is 11.9 Å². The second kappa shape index (κ2) is 11.7. The number of nitrogens with one attached hydrogen (secondary N) is 1. The van der Waals surface area contributed by atoms with Crippen LogP contribution in [0.25, 0.3) is 0 Å². The molecule has 2 heterocycles. The largest absolute Gasteiger partial charge is 0.480 e. The summed E-state index contributed by atoms with van der Waals surface area (Å²) in [6.07, 6.45) is 4.96. The summed E-state index contributed by atoms with van der Waals surface area (Å²) in [5.41, 5.74) is 2.60. The van der Waals surface area contributed by atoms with Crippen molar-refractivity contribution in [3.05, 3.63) is 83.8 Å². The third-order valence-corrected chi connectivity index (χ3v) is 7.41. The van der Waals surface area contributed by atoms with Gasteiger partial charge in [-0.1, -0.05) is 44.2 Å². The number of benzene rings is 1. The van der Waals surface area contributed by atoms with Gasteiger partial charge >= 0.3 is 5.97 Å². The molecular formula is C25H30N4O4S. The van der Waals surface area contributed by atoms with Gasteiger partial charge in [-0.25, -0.2) is 13.4 Å². The number of carboxylic acids is 1. The lowest BCUT2D eigenvalue weighted by Crippen LogP contribution is -2.31. The zero-order valence-electron chi connectivity index (χ0n) is 19.4. The number of aliphatic carboxylic acids is 1. The first-order valence-corrected chi connectivity index (χ1v) is 12.7. The maximum atomic E-state index is 13.5. The van der Waals surface area contributed by atoms with Crippen LogP contribution in [0.3, 0.4) is 0 Å². The molecule has 3 aromatic rings. The third-order valence-electron chi connectivity index (χ3n) is 5.63. The number of anilines is 1. The highest BCUT2D eigenvalue weighted by atomic mass is 32.2. The van der Waals surface area contributed by atoms with Crippen LogP contribution >= 0.6 is 0 Å². The molecule has 0 bridgehead atoms. The zero-order valence-corrected chi connectivity index (χ0v) is 20.2. The molecule has 8 nitrogen and oxygen atoms in total. The molecule has 3 rings (SSSR count). The highest BCUT2D eigenvalue weighted by Gasteiger charge is 2.26. The summed E-state index contributed by atoms with van der Waals surface area (Å²) in [6.45, 7) is 4.23. The number of carboxylic acid groups (broad SMARTS) is 1. The summed E-state index contributed by atoms with van der Waals surface area (Å²) in [7, 11) is -3.86. The molecule has 0 atom stereocenters. The first kappa shape index (κ1) is 25.3. The van der Waals surface area contributed by atoms with Gasteiger partial charge in [0, 0.05) is 18.9 Å². The number of rotatable bonds is 12. The van der Waals surface area contributed by atoms with E-state index >= 15 is 0 Å². The van der Waals surface area contributed by atoms with E-state index in [-0.39, 0.29) is 24.5 Å². The van der Waals surface area contributed by atoms with Crippen molar-refractivity contribution >= 4 is 21.8 Å². The summed E-state index contributed by atoms with van der Waals surface area (Å²) in [5.74, 6) is -0.160. The van der Waals surface area contributed by atoms with Gasteiger partial charge in [-0.3, -0.25) is 9.78 Å². The van der Waals surface area contributed by atoms with E-state index < -0.39 is 16.0 Å². The summed E-state index contributed by atoms with van der Waals surface area (Å²) in [6, 6.07) is 16.2. The zero-order chi connectivity index (χ0) is 24.6. The minimum absolute atomic E-state index is 0.0219. The highest BCUT2D eigenvalue weighted by molar-refractivity contribution is 7.89. The Hall–Kier alpha value is -3.30. The van der Waals surface area contributed by atoms with E-state index in [1.807, 2.05) is 12.1 Å². The Bertz CT molecular complexity index is 1180. The van der Waals surface area contributed by atoms with E-state index in [0.29, 0.717) is 17.4 Å². The van der Waals surface area contributed by atoms with Crippen molar-refractivity contribution in [3.8, 4) is 0 Å². The van der Waals surface area contributed by atoms with Crippen molar-refractivity contribution < 1.29 is 18.3 Å². The van der Waals surface area contributed by atoms with Gasteiger partial charge in [0.25, 0.3) is 0 Å². The van der Waals surface area contributed by atoms with Gasteiger partial charge in [0.1, 0.15) is 17.3 Å². The van der Waals surface area contributed by atoms with Crippen LogP contribution in [0.15, 0.2) is 71.9 Å². The third kappa shape index (κ3) is 6.61. The van der Waals surface area contributed by atoms with Crippen LogP contribution in [0.2, 0.25) is 0 Å². The van der Waals surface area contributed by atoms with Gasteiger partial charge in [0.15, 0.2) is 0 Å². The topological polar surface area (TPSA) is 112 Å². The minimum atomic E-state index is -3.86. The molecule has 0 saturated heterocycles. The predicted molar refractivity (Wildman–Crippen MR) is 131 cm³/mol. The fraction of sp³-hybridized carbons (Fsp3) is 0.320. The van der Waals surface area contributed by atoms with Crippen LogP contribution in [-0.4, -0.2) is 40.3 Å². The molecule has 2 N–H and O–H groups in total. The minimum Gasteiger partial charge on any atom is -0.480 e. The highest BCUT2D eigenvalue weighted by Crippen LogP contribution is 2.25. The van der Waals surface area contributed by atoms with Crippen LogP contribution in [0.4, 0.5) is 5.82 Å². The molecule has 2 aromatic heterocycles. The Labute approximate surface area is 200 Å². The number of aromatic nitrogens is 2. The molecule has 1 aromatic carbocycles. The Balaban J connectivity index is 1.89. The molecular weight excluding hydrogens is 452 g/mol. The number of carbonyl (C=O) groups is 1. The first-order chi connectivity index (χ1) is 16.3. The number of sulfonamides is 1. The number of pyridine rings is 2. The Kier molecular flexibility index (Phi) is 8.72. The molecule has 0 saturated carbocycles. The van der Waals surface area contributed by atoms with Gasteiger partial charge in [-0.2, -0.15) is 4.31 Å². The van der Waals surface area contributed by atoms with Gasteiger partial charge in [0.05, 0.1) is 12.2 Å². The molecule has 0 aliphatic rings. The van der Waals surface area contributed by atoms with Crippen LogP contribution in [0.5, 0.6) is 0 Å². The fourth-order valence-corrected chi connectivity index (χ4v) is 5.11. The fourth-order valence-electron chi connectivity index (χ4n) is 3.75. The van der Waals surface area contributed by atoms with E-state index in [0.717, 1.165) is 18.4 Å². The Morgan fingerprint density at radius 3 is 2.38 bits per heavy atom. The standard InChI is InChI=1S/C25H30N4O4S/c1-3-20(4-2)21-12-10-19(11-13-21)17-29(34(32,33)23-8-6-14-26-15-23)18-22-7-5-9-24(28-22)27-16-25(30)31/h5-15,20H,3-4,16-18H2,1-2H3,(H,27,28)(H,30,31). The molecule has 180 valence electrons. The van der Waals surface area contributed by atoms with Crippen LogP contribution < -0.4 is 5.32 Å². The quantitative estimate of drug-likeness (QED) is 0.396. The van der Waals surface area contributed by atoms with Gasteiger partial charge in [-0.15, -0.1) is 0 Å². The molecule has 0 unspecified atom stereocenters. The van der Waals surface area contributed by atoms with E-state index in [4.69, 9.17) is 5.11 Å². The summed E-state index contributed by atoms with van der Waals surface area (Å²) >= 11 is 0. The second-order valence-corrected chi connectivity index (χ2v) is 9.92. The molecule has 9 heteroatoms. The van der Waals surface area contributed by atoms with E-state index in [1.54, 1.807) is 24.3 Å². The van der Waals surface area contributed by atoms with E-state index in [1.165, 1.54) is 28.3 Å². The lowest BCUT2D eigenvalue weighted by atomic mass is 9.93. The lowest BCUT2D eigenvalue weighted by Gasteiger charge is -2.23. The summed E-state index contributed by atoms with van der Waals surface area (Å²) in [5, 5.41) is 11.6. The van der Waals surface area contributed by atoms with Crippen molar-refractivity contribution in [1.29, 1.82) is 0 Å². The monoisotopic (exact) mass is 482 g/mol. The SMILES string of the molecule is CCC(CC)c1ccc(CN(Cc2cccc(NCC(=O)O)n2)S(=O)(=O)c2cccnc2)cc1. The van der Waals surface area contributed by atoms with Crippen LogP contribution in [0.1, 0.15) is 49.4 Å². The Morgan fingerprint density at radius 2 is 1.76 bits per heavy atom. The molecule has 0 aliphatic carbocycles. The maximum absolute atomic E-state index is 13.5. The van der Waals surface area contributed by atoms with Gasteiger partial charge in [-0.05, 0) is 54.2 Å². The molecule has 0 aliphatic heterocycles. The first-order valence-electron chi connectivity index (χ1n) is 11.2. The number of hydrogen-bond donors (Lipinski definition) is 2.